The molecule has 0 aliphatic heterocycles. The molecule has 92 valence electrons. The van der Waals surface area contributed by atoms with Gasteiger partial charge in [-0.15, -0.1) is 0 Å². The highest BCUT2D eigenvalue weighted by molar-refractivity contribution is 4.88. The van der Waals surface area contributed by atoms with Crippen molar-refractivity contribution in [3.05, 3.63) is 0 Å². The largest absolute Gasteiger partial charge is 0.318 e. The number of likely N-dealkylation sites (N-methyl/N-ethyl adjacent to an activating group) is 1. The topological polar surface area (TPSA) is 24.1 Å². The van der Waals surface area contributed by atoms with Crippen LogP contribution in [0.5, 0.6) is 0 Å². The Morgan fingerprint density at radius 1 is 0.800 bits per heavy atom. The molecule has 2 N–H and O–H groups in total. The van der Waals surface area contributed by atoms with Gasteiger partial charge in [-0.2, -0.15) is 0 Å². The SMILES string of the molecule is CNCC(C)(C)NCC(C)(C)C(C)(C)C. The number of rotatable bonds is 5. The first-order chi connectivity index (χ1) is 6.52. The maximum Gasteiger partial charge on any atom is 0.0249 e. The zero-order valence-electron chi connectivity index (χ0n) is 11.9. The van der Waals surface area contributed by atoms with Crippen molar-refractivity contribution in [2.45, 2.75) is 54.0 Å². The minimum absolute atomic E-state index is 0.164. The second-order valence-corrected chi connectivity index (χ2v) is 6.90. The third kappa shape index (κ3) is 4.98. The molecule has 15 heavy (non-hydrogen) atoms. The predicted molar refractivity (Wildman–Crippen MR) is 69.2 cm³/mol. The van der Waals surface area contributed by atoms with E-state index >= 15 is 0 Å². The molecule has 0 saturated carbocycles. The minimum Gasteiger partial charge on any atom is -0.318 e. The fourth-order valence-corrected chi connectivity index (χ4v) is 1.23. The normalized spacial score (nSPS) is 14.4. The van der Waals surface area contributed by atoms with Crippen LogP contribution in [0.3, 0.4) is 0 Å². The second kappa shape index (κ2) is 4.84. The molecule has 0 radical (unpaired) electrons. The van der Waals surface area contributed by atoms with Crippen molar-refractivity contribution in [3.63, 3.8) is 0 Å². The van der Waals surface area contributed by atoms with Gasteiger partial charge in [-0.3, -0.25) is 0 Å². The first-order valence-corrected chi connectivity index (χ1v) is 5.91. The van der Waals surface area contributed by atoms with Crippen molar-refractivity contribution in [2.24, 2.45) is 10.8 Å². The van der Waals surface area contributed by atoms with E-state index in [4.69, 9.17) is 0 Å². The van der Waals surface area contributed by atoms with E-state index in [1.165, 1.54) is 0 Å². The molecular weight excluding hydrogens is 184 g/mol. The summed E-state index contributed by atoms with van der Waals surface area (Å²) >= 11 is 0. The van der Waals surface area contributed by atoms with Crippen LogP contribution < -0.4 is 10.6 Å². The van der Waals surface area contributed by atoms with Crippen molar-refractivity contribution >= 4 is 0 Å². The van der Waals surface area contributed by atoms with E-state index in [9.17, 15) is 0 Å². The van der Waals surface area contributed by atoms with Gasteiger partial charge >= 0.3 is 0 Å². The highest BCUT2D eigenvalue weighted by atomic mass is 15.0. The Morgan fingerprint density at radius 2 is 1.27 bits per heavy atom. The van der Waals surface area contributed by atoms with Gasteiger partial charge in [0.1, 0.15) is 0 Å². The molecule has 0 aromatic rings. The summed E-state index contributed by atoms with van der Waals surface area (Å²) < 4.78 is 0. The van der Waals surface area contributed by atoms with Gasteiger partial charge in [0, 0.05) is 18.6 Å². The van der Waals surface area contributed by atoms with Crippen LogP contribution in [0, 0.1) is 10.8 Å². The van der Waals surface area contributed by atoms with E-state index in [0.717, 1.165) is 13.1 Å². The lowest BCUT2D eigenvalue weighted by atomic mass is 9.69. The first-order valence-electron chi connectivity index (χ1n) is 5.91. The highest BCUT2D eigenvalue weighted by Gasteiger charge is 2.33. The van der Waals surface area contributed by atoms with Crippen LogP contribution in [0.15, 0.2) is 0 Å². The maximum absolute atomic E-state index is 3.64. The monoisotopic (exact) mass is 214 g/mol. The molecule has 0 spiro atoms. The predicted octanol–water partition coefficient (Wildman–Crippen LogP) is 2.65. The quantitative estimate of drug-likeness (QED) is 0.735. The Bertz CT molecular complexity index is 187. The van der Waals surface area contributed by atoms with Crippen LogP contribution in [-0.2, 0) is 0 Å². The molecule has 0 rings (SSSR count). The van der Waals surface area contributed by atoms with Gasteiger partial charge in [-0.25, -0.2) is 0 Å². The minimum atomic E-state index is 0.164. The second-order valence-electron chi connectivity index (χ2n) is 6.90. The van der Waals surface area contributed by atoms with Gasteiger partial charge in [0.15, 0.2) is 0 Å². The molecule has 2 nitrogen and oxygen atoms in total. The fraction of sp³-hybridized carbons (Fsp3) is 1.00. The van der Waals surface area contributed by atoms with Crippen LogP contribution in [0.25, 0.3) is 0 Å². The lowest BCUT2D eigenvalue weighted by Gasteiger charge is -2.41. The molecular formula is C13H30N2. The van der Waals surface area contributed by atoms with Gasteiger partial charge in [-0.05, 0) is 31.7 Å². The summed E-state index contributed by atoms with van der Waals surface area (Å²) in [5.41, 5.74) is 0.797. The van der Waals surface area contributed by atoms with Crippen LogP contribution in [0.1, 0.15) is 48.5 Å². The molecule has 0 heterocycles. The average molecular weight is 214 g/mol. The summed E-state index contributed by atoms with van der Waals surface area (Å²) in [6, 6.07) is 0. The van der Waals surface area contributed by atoms with Crippen LogP contribution in [-0.4, -0.2) is 25.7 Å². The number of nitrogens with one attached hydrogen (secondary N) is 2. The van der Waals surface area contributed by atoms with Crippen molar-refractivity contribution < 1.29 is 0 Å². The summed E-state index contributed by atoms with van der Waals surface area (Å²) in [5.74, 6) is 0. The third-order valence-corrected chi connectivity index (χ3v) is 3.66. The van der Waals surface area contributed by atoms with Crippen LogP contribution in [0.2, 0.25) is 0 Å². The van der Waals surface area contributed by atoms with Gasteiger partial charge in [-0.1, -0.05) is 34.6 Å². The lowest BCUT2D eigenvalue weighted by molar-refractivity contribution is 0.117. The van der Waals surface area contributed by atoms with E-state index in [2.05, 4.69) is 59.1 Å². The average Bonchev–Trinajstić information content (AvgIpc) is 1.99. The van der Waals surface area contributed by atoms with E-state index < -0.39 is 0 Å². The maximum atomic E-state index is 3.64. The van der Waals surface area contributed by atoms with E-state index in [1.54, 1.807) is 0 Å². The molecule has 0 aliphatic carbocycles. The summed E-state index contributed by atoms with van der Waals surface area (Å²) in [6.45, 7) is 18.1. The molecule has 0 aromatic carbocycles. The lowest BCUT2D eigenvalue weighted by Crippen LogP contribution is -2.52. The summed E-state index contributed by atoms with van der Waals surface area (Å²) in [4.78, 5) is 0. The van der Waals surface area contributed by atoms with Crippen molar-refractivity contribution in [1.29, 1.82) is 0 Å². The van der Waals surface area contributed by atoms with Crippen molar-refractivity contribution in [1.82, 2.24) is 10.6 Å². The van der Waals surface area contributed by atoms with Crippen molar-refractivity contribution in [2.75, 3.05) is 20.1 Å². The van der Waals surface area contributed by atoms with Gasteiger partial charge in [0.05, 0.1) is 0 Å². The van der Waals surface area contributed by atoms with Crippen LogP contribution in [0.4, 0.5) is 0 Å². The number of hydrogen-bond donors (Lipinski definition) is 2. The fourth-order valence-electron chi connectivity index (χ4n) is 1.23. The molecule has 0 amide bonds. The first kappa shape index (κ1) is 14.9. The molecule has 0 saturated heterocycles. The van der Waals surface area contributed by atoms with Crippen LogP contribution >= 0.6 is 0 Å². The Labute approximate surface area is 96.2 Å². The standard InChI is InChI=1S/C13H30N2/c1-11(2,3)12(4,5)9-15-13(6,7)10-14-8/h14-15H,9-10H2,1-8H3. The van der Waals surface area contributed by atoms with E-state index in [0.29, 0.717) is 10.8 Å². The van der Waals surface area contributed by atoms with Gasteiger partial charge in [0.25, 0.3) is 0 Å². The third-order valence-electron chi connectivity index (χ3n) is 3.66. The zero-order valence-corrected chi connectivity index (χ0v) is 11.9. The highest BCUT2D eigenvalue weighted by Crippen LogP contribution is 2.37. The van der Waals surface area contributed by atoms with E-state index in [1.807, 2.05) is 7.05 Å². The zero-order chi connectivity index (χ0) is 12.3. The van der Waals surface area contributed by atoms with Gasteiger partial charge in [0.2, 0.25) is 0 Å². The van der Waals surface area contributed by atoms with Gasteiger partial charge < -0.3 is 10.6 Å². The molecule has 0 atom stereocenters. The number of hydrogen-bond acceptors (Lipinski definition) is 2. The summed E-state index contributed by atoms with van der Waals surface area (Å²) in [6.07, 6.45) is 0. The molecule has 2 heteroatoms. The molecule has 0 unspecified atom stereocenters. The molecule has 0 aliphatic rings. The summed E-state index contributed by atoms with van der Waals surface area (Å²) in [7, 11) is 2.00. The Kier molecular flexibility index (Phi) is 4.81. The Morgan fingerprint density at radius 3 is 1.60 bits per heavy atom. The Balaban J connectivity index is 4.26. The Hall–Kier alpha value is -0.0800. The molecule has 0 aromatic heterocycles. The summed E-state index contributed by atoms with van der Waals surface area (Å²) in [5, 5.41) is 6.86. The smallest absolute Gasteiger partial charge is 0.0249 e. The molecule has 0 fully saturated rings. The molecule has 0 bridgehead atoms. The van der Waals surface area contributed by atoms with Crippen molar-refractivity contribution in [3.8, 4) is 0 Å². The van der Waals surface area contributed by atoms with E-state index in [-0.39, 0.29) is 5.54 Å².